The number of hydrogen-bond donors (Lipinski definition) is 3. The maximum Gasteiger partial charge on any atom is 0.237 e. The van der Waals surface area contributed by atoms with E-state index in [9.17, 15) is 9.59 Å². The molecule has 1 aliphatic carbocycles. The summed E-state index contributed by atoms with van der Waals surface area (Å²) in [4.78, 5) is 28.8. The molecule has 0 radical (unpaired) electrons. The van der Waals surface area contributed by atoms with Crippen molar-refractivity contribution in [3.63, 3.8) is 0 Å². The van der Waals surface area contributed by atoms with Crippen LogP contribution in [0.4, 0.5) is 5.69 Å². The Morgan fingerprint density at radius 2 is 1.97 bits per heavy atom. The van der Waals surface area contributed by atoms with E-state index in [2.05, 4.69) is 50.0 Å². The van der Waals surface area contributed by atoms with E-state index in [1.807, 2.05) is 14.1 Å². The van der Waals surface area contributed by atoms with Crippen LogP contribution in [0.2, 0.25) is 0 Å². The van der Waals surface area contributed by atoms with Gasteiger partial charge in [-0.2, -0.15) is 0 Å². The zero-order valence-electron chi connectivity index (χ0n) is 17.5. The maximum absolute atomic E-state index is 12.4. The fourth-order valence-corrected chi connectivity index (χ4v) is 4.39. The third kappa shape index (κ3) is 5.08. The third-order valence-corrected chi connectivity index (χ3v) is 6.32. The quantitative estimate of drug-likeness (QED) is 0.604. The molecule has 158 valence electrons. The Morgan fingerprint density at radius 3 is 2.66 bits per heavy atom. The predicted molar refractivity (Wildman–Crippen MR) is 114 cm³/mol. The first-order valence-corrected chi connectivity index (χ1v) is 10.8. The number of piperazine rings is 1. The summed E-state index contributed by atoms with van der Waals surface area (Å²) in [5, 5.41) is 9.74. The van der Waals surface area contributed by atoms with Gasteiger partial charge in [0.2, 0.25) is 11.8 Å². The fourth-order valence-electron chi connectivity index (χ4n) is 4.39. The number of carbonyl (C=O) groups is 2. The smallest absolute Gasteiger partial charge is 0.237 e. The molecule has 7 heteroatoms. The highest BCUT2D eigenvalue weighted by atomic mass is 16.2. The Labute approximate surface area is 173 Å². The summed E-state index contributed by atoms with van der Waals surface area (Å²) >= 11 is 0. The highest BCUT2D eigenvalue weighted by Gasteiger charge is 2.43. The van der Waals surface area contributed by atoms with Crippen LogP contribution in [0.1, 0.15) is 37.7 Å². The lowest BCUT2D eigenvalue weighted by atomic mass is 10.0. The molecule has 3 N–H and O–H groups in total. The lowest BCUT2D eigenvalue weighted by molar-refractivity contribution is -0.129. The second-order valence-corrected chi connectivity index (χ2v) is 8.87. The highest BCUT2D eigenvalue weighted by molar-refractivity contribution is 5.83. The molecule has 2 aliphatic heterocycles. The molecule has 3 aliphatic rings. The van der Waals surface area contributed by atoms with E-state index in [1.54, 1.807) is 0 Å². The van der Waals surface area contributed by atoms with Crippen molar-refractivity contribution in [1.82, 2.24) is 20.9 Å². The number of nitrogens with zero attached hydrogens (tertiary/aromatic N) is 2. The van der Waals surface area contributed by atoms with Gasteiger partial charge < -0.3 is 20.9 Å². The van der Waals surface area contributed by atoms with Crippen molar-refractivity contribution in [1.29, 1.82) is 0 Å². The SMILES string of the molecule is CN(C)c1ccc(CN[C@H]2C[C@H]3C(=O)NC[C@@H](CCC(=O)NC4CC4)N3C2)cc1. The molecule has 0 bridgehead atoms. The predicted octanol–water partition coefficient (Wildman–Crippen LogP) is 0.842. The summed E-state index contributed by atoms with van der Waals surface area (Å²) < 4.78 is 0. The third-order valence-electron chi connectivity index (χ3n) is 6.32. The molecular weight excluding hydrogens is 366 g/mol. The van der Waals surface area contributed by atoms with E-state index in [-0.39, 0.29) is 23.9 Å². The fraction of sp³-hybridized carbons (Fsp3) is 0.636. The van der Waals surface area contributed by atoms with Crippen LogP contribution in [0, 0.1) is 0 Å². The van der Waals surface area contributed by atoms with Crippen molar-refractivity contribution in [3.05, 3.63) is 29.8 Å². The van der Waals surface area contributed by atoms with Crippen molar-refractivity contribution in [3.8, 4) is 0 Å². The Kier molecular flexibility index (Phi) is 6.06. The second kappa shape index (κ2) is 8.71. The van der Waals surface area contributed by atoms with Crippen molar-refractivity contribution in [2.75, 3.05) is 32.1 Å². The van der Waals surface area contributed by atoms with E-state index in [1.165, 1.54) is 11.3 Å². The first-order chi connectivity index (χ1) is 14.0. The number of fused-ring (bicyclic) bond motifs is 1. The molecular formula is C22H33N5O2. The van der Waals surface area contributed by atoms with Gasteiger partial charge in [-0.15, -0.1) is 0 Å². The van der Waals surface area contributed by atoms with Crippen LogP contribution in [-0.2, 0) is 16.1 Å². The normalized spacial score (nSPS) is 26.7. The molecule has 0 aromatic heterocycles. The van der Waals surface area contributed by atoms with Crippen LogP contribution in [-0.4, -0.2) is 68.1 Å². The van der Waals surface area contributed by atoms with Gasteiger partial charge in [0.25, 0.3) is 0 Å². The number of benzene rings is 1. The van der Waals surface area contributed by atoms with E-state index >= 15 is 0 Å². The minimum Gasteiger partial charge on any atom is -0.378 e. The summed E-state index contributed by atoms with van der Waals surface area (Å²) in [6, 6.07) is 9.43. The number of nitrogens with one attached hydrogen (secondary N) is 3. The first kappa shape index (κ1) is 20.2. The van der Waals surface area contributed by atoms with Gasteiger partial charge in [-0.25, -0.2) is 0 Å². The van der Waals surface area contributed by atoms with Gasteiger partial charge in [0, 0.05) is 64.0 Å². The van der Waals surface area contributed by atoms with Crippen molar-refractivity contribution < 1.29 is 9.59 Å². The molecule has 7 nitrogen and oxygen atoms in total. The van der Waals surface area contributed by atoms with E-state index in [0.29, 0.717) is 25.0 Å². The Morgan fingerprint density at radius 1 is 1.21 bits per heavy atom. The minimum atomic E-state index is -0.0751. The standard InChI is InChI=1S/C22H33N5O2/c1-26(2)18-7-3-15(4-8-18)12-23-17-11-20-22(29)24-13-19(27(20)14-17)9-10-21(28)25-16-5-6-16/h3-4,7-8,16-17,19-20,23H,5-6,9-14H2,1-2H3,(H,24,29)(H,25,28)/t17-,19+,20-/m0/s1. The molecule has 4 rings (SSSR count). The number of amides is 2. The number of hydrogen-bond acceptors (Lipinski definition) is 5. The molecule has 1 aromatic rings. The number of carbonyl (C=O) groups excluding carboxylic acids is 2. The van der Waals surface area contributed by atoms with Crippen LogP contribution in [0.3, 0.4) is 0 Å². The summed E-state index contributed by atoms with van der Waals surface area (Å²) in [7, 11) is 4.08. The summed E-state index contributed by atoms with van der Waals surface area (Å²) in [6.45, 7) is 2.31. The minimum absolute atomic E-state index is 0.0751. The highest BCUT2D eigenvalue weighted by Crippen LogP contribution is 2.26. The van der Waals surface area contributed by atoms with E-state index in [0.717, 1.165) is 38.8 Å². The van der Waals surface area contributed by atoms with Gasteiger partial charge in [-0.05, 0) is 43.4 Å². The lowest BCUT2D eigenvalue weighted by Crippen LogP contribution is -2.58. The van der Waals surface area contributed by atoms with Crippen LogP contribution >= 0.6 is 0 Å². The topological polar surface area (TPSA) is 76.7 Å². The van der Waals surface area contributed by atoms with E-state index in [4.69, 9.17) is 0 Å². The maximum atomic E-state index is 12.4. The largest absolute Gasteiger partial charge is 0.378 e. The summed E-state index contributed by atoms with van der Waals surface area (Å²) in [6.07, 6.45) is 4.40. The molecule has 2 heterocycles. The van der Waals surface area contributed by atoms with Gasteiger partial charge in [0.1, 0.15) is 0 Å². The Balaban J connectivity index is 1.28. The molecule has 29 heavy (non-hydrogen) atoms. The number of anilines is 1. The molecule has 0 spiro atoms. The van der Waals surface area contributed by atoms with Gasteiger partial charge >= 0.3 is 0 Å². The zero-order valence-corrected chi connectivity index (χ0v) is 17.5. The molecule has 2 saturated heterocycles. The van der Waals surface area contributed by atoms with E-state index < -0.39 is 0 Å². The zero-order chi connectivity index (χ0) is 20.4. The van der Waals surface area contributed by atoms with Crippen LogP contribution in [0.25, 0.3) is 0 Å². The average molecular weight is 400 g/mol. The molecule has 2 amide bonds. The van der Waals surface area contributed by atoms with Crippen LogP contribution < -0.4 is 20.9 Å². The lowest BCUT2D eigenvalue weighted by Gasteiger charge is -2.37. The Hall–Kier alpha value is -2.12. The second-order valence-electron chi connectivity index (χ2n) is 8.87. The molecule has 1 saturated carbocycles. The summed E-state index contributed by atoms with van der Waals surface area (Å²) in [5.74, 6) is 0.277. The number of rotatable bonds is 8. The van der Waals surface area contributed by atoms with Crippen molar-refractivity contribution in [2.24, 2.45) is 0 Å². The molecule has 3 atom stereocenters. The molecule has 1 aromatic carbocycles. The van der Waals surface area contributed by atoms with Crippen molar-refractivity contribution in [2.45, 2.75) is 62.8 Å². The van der Waals surface area contributed by atoms with Gasteiger partial charge in [0.05, 0.1) is 6.04 Å². The van der Waals surface area contributed by atoms with Crippen LogP contribution in [0.5, 0.6) is 0 Å². The Bertz CT molecular complexity index is 731. The molecule has 0 unspecified atom stereocenters. The average Bonchev–Trinajstić information content (AvgIpc) is 3.41. The van der Waals surface area contributed by atoms with Gasteiger partial charge in [-0.3, -0.25) is 14.5 Å². The van der Waals surface area contributed by atoms with Gasteiger partial charge in [-0.1, -0.05) is 12.1 Å². The van der Waals surface area contributed by atoms with Crippen molar-refractivity contribution >= 4 is 17.5 Å². The summed E-state index contributed by atoms with van der Waals surface area (Å²) in [5.41, 5.74) is 2.44. The molecule has 3 fully saturated rings. The monoisotopic (exact) mass is 399 g/mol. The van der Waals surface area contributed by atoms with Crippen LogP contribution in [0.15, 0.2) is 24.3 Å². The first-order valence-electron chi connectivity index (χ1n) is 10.8. The van der Waals surface area contributed by atoms with Gasteiger partial charge in [0.15, 0.2) is 0 Å².